The van der Waals surface area contributed by atoms with Gasteiger partial charge < -0.3 is 9.47 Å². The zero-order chi connectivity index (χ0) is 11.2. The SMILES string of the molecule is CC1(C)CCc2cc3c(cc2O1)OCC=C3. The highest BCUT2D eigenvalue weighted by Gasteiger charge is 2.27. The summed E-state index contributed by atoms with van der Waals surface area (Å²) >= 11 is 0. The van der Waals surface area contributed by atoms with Gasteiger partial charge in [0.25, 0.3) is 0 Å². The molecule has 2 aliphatic rings. The van der Waals surface area contributed by atoms with Gasteiger partial charge in [-0.15, -0.1) is 0 Å². The predicted molar refractivity (Wildman–Crippen MR) is 64.0 cm³/mol. The van der Waals surface area contributed by atoms with Gasteiger partial charge in [-0.25, -0.2) is 0 Å². The smallest absolute Gasteiger partial charge is 0.130 e. The maximum absolute atomic E-state index is 5.98. The summed E-state index contributed by atoms with van der Waals surface area (Å²) in [6.07, 6.45) is 6.33. The van der Waals surface area contributed by atoms with Crippen LogP contribution in [0.25, 0.3) is 6.08 Å². The van der Waals surface area contributed by atoms with E-state index in [1.807, 2.05) is 12.1 Å². The van der Waals surface area contributed by atoms with Gasteiger partial charge in [-0.1, -0.05) is 6.08 Å². The lowest BCUT2D eigenvalue weighted by Gasteiger charge is -2.33. The highest BCUT2D eigenvalue weighted by atomic mass is 16.5. The summed E-state index contributed by atoms with van der Waals surface area (Å²) in [6, 6.07) is 4.23. The molecule has 2 heteroatoms. The summed E-state index contributed by atoms with van der Waals surface area (Å²) in [5.41, 5.74) is 2.42. The van der Waals surface area contributed by atoms with Crippen LogP contribution in [-0.2, 0) is 6.42 Å². The molecule has 0 fully saturated rings. The molecule has 0 N–H and O–H groups in total. The fraction of sp³-hybridized carbons (Fsp3) is 0.429. The molecular formula is C14H16O2. The van der Waals surface area contributed by atoms with Crippen molar-refractivity contribution in [1.82, 2.24) is 0 Å². The summed E-state index contributed by atoms with van der Waals surface area (Å²) in [4.78, 5) is 0. The van der Waals surface area contributed by atoms with Gasteiger partial charge in [-0.2, -0.15) is 0 Å². The molecule has 0 bridgehead atoms. The standard InChI is InChI=1S/C14H16O2/c1-14(2)6-5-11-8-10-4-3-7-15-12(10)9-13(11)16-14/h3-4,8-9H,5-7H2,1-2H3. The Balaban J connectivity index is 2.06. The van der Waals surface area contributed by atoms with E-state index >= 15 is 0 Å². The summed E-state index contributed by atoms with van der Waals surface area (Å²) in [5.74, 6) is 1.93. The van der Waals surface area contributed by atoms with Gasteiger partial charge in [0.1, 0.15) is 23.7 Å². The Hall–Kier alpha value is -1.44. The molecule has 0 saturated carbocycles. The molecule has 84 valence electrons. The van der Waals surface area contributed by atoms with E-state index in [1.165, 1.54) is 11.1 Å². The van der Waals surface area contributed by atoms with Gasteiger partial charge in [0.05, 0.1) is 0 Å². The Kier molecular flexibility index (Phi) is 2.00. The van der Waals surface area contributed by atoms with E-state index in [4.69, 9.17) is 9.47 Å². The Bertz CT molecular complexity index is 458. The summed E-state index contributed by atoms with van der Waals surface area (Å²) in [6.45, 7) is 4.93. The molecule has 0 spiro atoms. The Morgan fingerprint density at radius 2 is 2.06 bits per heavy atom. The van der Waals surface area contributed by atoms with Crippen molar-refractivity contribution < 1.29 is 9.47 Å². The second-order valence-corrected chi connectivity index (χ2v) is 5.07. The second kappa shape index (κ2) is 3.27. The third-order valence-corrected chi connectivity index (χ3v) is 3.21. The van der Waals surface area contributed by atoms with Crippen LogP contribution in [0.4, 0.5) is 0 Å². The molecule has 0 aliphatic carbocycles. The minimum atomic E-state index is -0.0499. The zero-order valence-electron chi connectivity index (χ0n) is 9.75. The van der Waals surface area contributed by atoms with E-state index in [9.17, 15) is 0 Å². The number of aryl methyl sites for hydroxylation is 1. The van der Waals surface area contributed by atoms with Crippen LogP contribution >= 0.6 is 0 Å². The molecular weight excluding hydrogens is 200 g/mol. The van der Waals surface area contributed by atoms with Crippen molar-refractivity contribution >= 4 is 6.08 Å². The largest absolute Gasteiger partial charge is 0.489 e. The number of fused-ring (bicyclic) bond motifs is 2. The summed E-state index contributed by atoms with van der Waals surface area (Å²) in [5, 5.41) is 0. The first kappa shape index (κ1) is 9.76. The Morgan fingerprint density at radius 1 is 1.19 bits per heavy atom. The lowest BCUT2D eigenvalue weighted by Crippen LogP contribution is -2.32. The molecule has 0 atom stereocenters. The van der Waals surface area contributed by atoms with E-state index in [-0.39, 0.29) is 5.60 Å². The van der Waals surface area contributed by atoms with Gasteiger partial charge in [0, 0.05) is 11.6 Å². The quantitative estimate of drug-likeness (QED) is 0.663. The van der Waals surface area contributed by atoms with Crippen molar-refractivity contribution in [3.8, 4) is 11.5 Å². The van der Waals surface area contributed by atoms with E-state index < -0.39 is 0 Å². The lowest BCUT2D eigenvalue weighted by molar-refractivity contribution is 0.0842. The van der Waals surface area contributed by atoms with Gasteiger partial charge in [0.2, 0.25) is 0 Å². The van der Waals surface area contributed by atoms with Gasteiger partial charge in [-0.3, -0.25) is 0 Å². The maximum atomic E-state index is 5.98. The van der Waals surface area contributed by atoms with Crippen LogP contribution in [0.1, 0.15) is 31.4 Å². The first-order valence-corrected chi connectivity index (χ1v) is 5.79. The molecule has 0 aromatic heterocycles. The van der Waals surface area contributed by atoms with Crippen LogP contribution in [0.3, 0.4) is 0 Å². The summed E-state index contributed by atoms with van der Waals surface area (Å²) in [7, 11) is 0. The molecule has 2 heterocycles. The topological polar surface area (TPSA) is 18.5 Å². The molecule has 0 unspecified atom stereocenters. The predicted octanol–water partition coefficient (Wildman–Crippen LogP) is 3.20. The van der Waals surface area contributed by atoms with Crippen molar-refractivity contribution in [3.05, 3.63) is 29.3 Å². The highest BCUT2D eigenvalue weighted by Crippen LogP contribution is 2.38. The second-order valence-electron chi connectivity index (χ2n) is 5.07. The van der Waals surface area contributed by atoms with E-state index in [2.05, 4.69) is 26.0 Å². The molecule has 16 heavy (non-hydrogen) atoms. The van der Waals surface area contributed by atoms with Crippen molar-refractivity contribution in [2.45, 2.75) is 32.3 Å². The molecule has 1 aromatic rings. The van der Waals surface area contributed by atoms with Crippen LogP contribution in [-0.4, -0.2) is 12.2 Å². The molecule has 2 aliphatic heterocycles. The number of ether oxygens (including phenoxy) is 2. The van der Waals surface area contributed by atoms with Crippen molar-refractivity contribution in [3.63, 3.8) is 0 Å². The van der Waals surface area contributed by atoms with Crippen LogP contribution in [0.2, 0.25) is 0 Å². The number of benzene rings is 1. The third-order valence-electron chi connectivity index (χ3n) is 3.21. The van der Waals surface area contributed by atoms with Gasteiger partial charge >= 0.3 is 0 Å². The van der Waals surface area contributed by atoms with Gasteiger partial charge in [-0.05, 0) is 44.4 Å². The Morgan fingerprint density at radius 3 is 2.94 bits per heavy atom. The van der Waals surface area contributed by atoms with E-state index in [0.717, 1.165) is 24.3 Å². The maximum Gasteiger partial charge on any atom is 0.130 e. The summed E-state index contributed by atoms with van der Waals surface area (Å²) < 4.78 is 11.6. The minimum Gasteiger partial charge on any atom is -0.489 e. The first-order chi connectivity index (χ1) is 7.64. The fourth-order valence-corrected chi connectivity index (χ4v) is 2.27. The van der Waals surface area contributed by atoms with Crippen LogP contribution in [0, 0.1) is 0 Å². The average Bonchev–Trinajstić information content (AvgIpc) is 2.25. The van der Waals surface area contributed by atoms with Gasteiger partial charge in [0.15, 0.2) is 0 Å². The molecule has 0 amide bonds. The normalized spacial score (nSPS) is 20.4. The zero-order valence-corrected chi connectivity index (χ0v) is 9.75. The number of hydrogen-bond acceptors (Lipinski definition) is 2. The minimum absolute atomic E-state index is 0.0499. The van der Waals surface area contributed by atoms with E-state index in [1.54, 1.807) is 0 Å². The molecule has 3 rings (SSSR count). The van der Waals surface area contributed by atoms with Crippen LogP contribution in [0.5, 0.6) is 11.5 Å². The van der Waals surface area contributed by atoms with Crippen molar-refractivity contribution in [2.24, 2.45) is 0 Å². The van der Waals surface area contributed by atoms with Crippen molar-refractivity contribution in [2.75, 3.05) is 6.61 Å². The fourth-order valence-electron chi connectivity index (χ4n) is 2.27. The number of rotatable bonds is 0. The third kappa shape index (κ3) is 1.58. The molecule has 1 aromatic carbocycles. The molecule has 2 nitrogen and oxygen atoms in total. The Labute approximate surface area is 95.9 Å². The molecule has 0 saturated heterocycles. The van der Waals surface area contributed by atoms with Crippen molar-refractivity contribution in [1.29, 1.82) is 0 Å². The first-order valence-electron chi connectivity index (χ1n) is 5.79. The van der Waals surface area contributed by atoms with Crippen LogP contribution < -0.4 is 9.47 Å². The monoisotopic (exact) mass is 216 g/mol. The molecule has 0 radical (unpaired) electrons. The van der Waals surface area contributed by atoms with Crippen LogP contribution in [0.15, 0.2) is 18.2 Å². The lowest BCUT2D eigenvalue weighted by atomic mass is 9.93. The highest BCUT2D eigenvalue weighted by molar-refractivity contribution is 5.63. The average molecular weight is 216 g/mol. The van der Waals surface area contributed by atoms with E-state index in [0.29, 0.717) is 6.61 Å². The number of hydrogen-bond donors (Lipinski definition) is 0.